The molecule has 1 aromatic rings. The highest BCUT2D eigenvalue weighted by Gasteiger charge is 2.09. The molecule has 0 aliphatic carbocycles. The maximum absolute atomic E-state index is 4.14. The summed E-state index contributed by atoms with van der Waals surface area (Å²) >= 11 is 1.94. The number of rotatable bonds is 9. The van der Waals surface area contributed by atoms with E-state index >= 15 is 0 Å². The standard InChI is InChI=1S/C17H27NS/c1-5-11-18-16(12-14(3)6-2)13-19-17-9-7-15(4)8-10-17/h7-10,16,18H,3,5-6,11-13H2,1-2,4H3. The van der Waals surface area contributed by atoms with Gasteiger partial charge in [-0.1, -0.05) is 43.7 Å². The van der Waals surface area contributed by atoms with Gasteiger partial charge in [-0.05, 0) is 44.9 Å². The van der Waals surface area contributed by atoms with Crippen LogP contribution in [0.4, 0.5) is 0 Å². The van der Waals surface area contributed by atoms with Crippen LogP contribution in [0, 0.1) is 6.92 Å². The van der Waals surface area contributed by atoms with E-state index in [1.807, 2.05) is 11.8 Å². The predicted molar refractivity (Wildman–Crippen MR) is 88.0 cm³/mol. The SMILES string of the molecule is C=C(CC)CC(CSc1ccc(C)cc1)NCCC. The summed E-state index contributed by atoms with van der Waals surface area (Å²) in [5.41, 5.74) is 2.67. The summed E-state index contributed by atoms with van der Waals surface area (Å²) in [6.45, 7) is 11.8. The molecule has 1 aromatic carbocycles. The van der Waals surface area contributed by atoms with Gasteiger partial charge in [0.1, 0.15) is 0 Å². The second-order valence-electron chi connectivity index (χ2n) is 5.08. The fourth-order valence-electron chi connectivity index (χ4n) is 1.86. The number of benzene rings is 1. The number of thioether (sulfide) groups is 1. The van der Waals surface area contributed by atoms with E-state index in [-0.39, 0.29) is 0 Å². The molecule has 19 heavy (non-hydrogen) atoms. The fraction of sp³-hybridized carbons (Fsp3) is 0.529. The Hall–Kier alpha value is -0.730. The summed E-state index contributed by atoms with van der Waals surface area (Å²) in [6, 6.07) is 9.33. The maximum Gasteiger partial charge on any atom is 0.0198 e. The summed E-state index contributed by atoms with van der Waals surface area (Å²) < 4.78 is 0. The fourth-order valence-corrected chi connectivity index (χ4v) is 2.82. The molecule has 0 aliphatic heterocycles. The zero-order valence-corrected chi connectivity index (χ0v) is 13.4. The molecule has 1 unspecified atom stereocenters. The minimum absolute atomic E-state index is 0.540. The van der Waals surface area contributed by atoms with E-state index in [0.717, 1.165) is 25.1 Å². The first-order valence-electron chi connectivity index (χ1n) is 7.25. The van der Waals surface area contributed by atoms with Gasteiger partial charge in [0.05, 0.1) is 0 Å². The first kappa shape index (κ1) is 16.3. The van der Waals surface area contributed by atoms with E-state index in [0.29, 0.717) is 6.04 Å². The van der Waals surface area contributed by atoms with Gasteiger partial charge >= 0.3 is 0 Å². The molecule has 0 spiro atoms. The van der Waals surface area contributed by atoms with Crippen molar-refractivity contribution in [3.63, 3.8) is 0 Å². The molecule has 0 saturated carbocycles. The molecule has 106 valence electrons. The number of nitrogens with one attached hydrogen (secondary N) is 1. The Morgan fingerprint density at radius 2 is 1.95 bits per heavy atom. The first-order valence-corrected chi connectivity index (χ1v) is 8.23. The number of hydrogen-bond donors (Lipinski definition) is 1. The van der Waals surface area contributed by atoms with E-state index in [2.05, 4.69) is 56.9 Å². The van der Waals surface area contributed by atoms with Crippen LogP contribution in [-0.4, -0.2) is 18.3 Å². The quantitative estimate of drug-likeness (QED) is 0.513. The Bertz CT molecular complexity index is 369. The monoisotopic (exact) mass is 277 g/mol. The summed E-state index contributed by atoms with van der Waals surface area (Å²) in [7, 11) is 0. The molecule has 2 heteroatoms. The molecule has 1 nitrogen and oxygen atoms in total. The van der Waals surface area contributed by atoms with Crippen LogP contribution in [0.2, 0.25) is 0 Å². The highest BCUT2D eigenvalue weighted by molar-refractivity contribution is 7.99. The Morgan fingerprint density at radius 3 is 2.53 bits per heavy atom. The molecular formula is C17H27NS. The molecule has 0 aliphatic rings. The average molecular weight is 277 g/mol. The van der Waals surface area contributed by atoms with Crippen molar-refractivity contribution < 1.29 is 0 Å². The van der Waals surface area contributed by atoms with E-state index < -0.39 is 0 Å². The van der Waals surface area contributed by atoms with Gasteiger partial charge in [0.15, 0.2) is 0 Å². The molecule has 1 atom stereocenters. The van der Waals surface area contributed by atoms with Crippen LogP contribution in [0.3, 0.4) is 0 Å². The van der Waals surface area contributed by atoms with E-state index in [1.54, 1.807) is 0 Å². The van der Waals surface area contributed by atoms with Crippen molar-refractivity contribution in [2.75, 3.05) is 12.3 Å². The zero-order chi connectivity index (χ0) is 14.1. The molecule has 0 heterocycles. The third-order valence-electron chi connectivity index (χ3n) is 3.19. The largest absolute Gasteiger partial charge is 0.313 e. The van der Waals surface area contributed by atoms with Gasteiger partial charge in [-0.15, -0.1) is 11.8 Å². The Balaban J connectivity index is 2.46. The summed E-state index contributed by atoms with van der Waals surface area (Å²) in [5, 5.41) is 3.63. The van der Waals surface area contributed by atoms with Gasteiger partial charge in [0.25, 0.3) is 0 Å². The molecule has 0 amide bonds. The van der Waals surface area contributed by atoms with Gasteiger partial charge in [-0.2, -0.15) is 0 Å². The van der Waals surface area contributed by atoms with Crippen LogP contribution >= 0.6 is 11.8 Å². The topological polar surface area (TPSA) is 12.0 Å². The van der Waals surface area contributed by atoms with Crippen molar-refractivity contribution in [1.29, 1.82) is 0 Å². The maximum atomic E-state index is 4.14. The molecule has 0 bridgehead atoms. The molecule has 0 fully saturated rings. The Morgan fingerprint density at radius 1 is 1.26 bits per heavy atom. The lowest BCUT2D eigenvalue weighted by atomic mass is 10.1. The first-order chi connectivity index (χ1) is 9.15. The number of aryl methyl sites for hydroxylation is 1. The van der Waals surface area contributed by atoms with Crippen LogP contribution < -0.4 is 5.32 Å². The van der Waals surface area contributed by atoms with Crippen LogP contribution in [0.1, 0.15) is 38.7 Å². The highest BCUT2D eigenvalue weighted by atomic mass is 32.2. The lowest BCUT2D eigenvalue weighted by molar-refractivity contribution is 0.544. The zero-order valence-electron chi connectivity index (χ0n) is 12.5. The summed E-state index contributed by atoms with van der Waals surface area (Å²) in [6.07, 6.45) is 3.36. The van der Waals surface area contributed by atoms with Gasteiger partial charge in [-0.3, -0.25) is 0 Å². The van der Waals surface area contributed by atoms with E-state index in [4.69, 9.17) is 0 Å². The second kappa shape index (κ2) is 9.22. The van der Waals surface area contributed by atoms with Gasteiger partial charge < -0.3 is 5.32 Å². The van der Waals surface area contributed by atoms with Crippen LogP contribution in [0.5, 0.6) is 0 Å². The second-order valence-corrected chi connectivity index (χ2v) is 6.18. The minimum atomic E-state index is 0.540. The summed E-state index contributed by atoms with van der Waals surface area (Å²) in [5.74, 6) is 1.11. The van der Waals surface area contributed by atoms with E-state index in [1.165, 1.54) is 22.5 Å². The lowest BCUT2D eigenvalue weighted by Gasteiger charge is -2.19. The van der Waals surface area contributed by atoms with Gasteiger partial charge in [0, 0.05) is 16.7 Å². The molecular weight excluding hydrogens is 250 g/mol. The average Bonchev–Trinajstić information content (AvgIpc) is 2.43. The minimum Gasteiger partial charge on any atom is -0.313 e. The molecule has 0 radical (unpaired) electrons. The van der Waals surface area contributed by atoms with Crippen LogP contribution in [-0.2, 0) is 0 Å². The van der Waals surface area contributed by atoms with E-state index in [9.17, 15) is 0 Å². The highest BCUT2D eigenvalue weighted by Crippen LogP contribution is 2.21. The van der Waals surface area contributed by atoms with Crippen molar-refractivity contribution in [1.82, 2.24) is 5.32 Å². The van der Waals surface area contributed by atoms with Gasteiger partial charge in [0.2, 0.25) is 0 Å². The van der Waals surface area contributed by atoms with Crippen LogP contribution in [0.15, 0.2) is 41.3 Å². The van der Waals surface area contributed by atoms with Crippen molar-refractivity contribution in [2.45, 2.75) is 51.0 Å². The van der Waals surface area contributed by atoms with Crippen molar-refractivity contribution >= 4 is 11.8 Å². The molecule has 1 N–H and O–H groups in total. The Kier molecular flexibility index (Phi) is 7.92. The normalized spacial score (nSPS) is 12.4. The van der Waals surface area contributed by atoms with Crippen molar-refractivity contribution in [3.05, 3.63) is 42.0 Å². The van der Waals surface area contributed by atoms with Crippen molar-refractivity contribution in [2.24, 2.45) is 0 Å². The third kappa shape index (κ3) is 6.84. The third-order valence-corrected chi connectivity index (χ3v) is 4.36. The van der Waals surface area contributed by atoms with Gasteiger partial charge in [-0.25, -0.2) is 0 Å². The van der Waals surface area contributed by atoms with Crippen molar-refractivity contribution in [3.8, 4) is 0 Å². The Labute approximate surface area is 122 Å². The lowest BCUT2D eigenvalue weighted by Crippen LogP contribution is -2.32. The van der Waals surface area contributed by atoms with Crippen LogP contribution in [0.25, 0.3) is 0 Å². The summed E-state index contributed by atoms with van der Waals surface area (Å²) in [4.78, 5) is 1.36. The number of hydrogen-bond acceptors (Lipinski definition) is 2. The predicted octanol–water partition coefficient (Wildman–Crippen LogP) is 4.81. The molecule has 0 aromatic heterocycles. The molecule has 0 saturated heterocycles. The smallest absolute Gasteiger partial charge is 0.0198 e. The molecule has 1 rings (SSSR count).